The Bertz CT molecular complexity index is 546. The van der Waals surface area contributed by atoms with Gasteiger partial charge in [0, 0.05) is 5.41 Å². The molecule has 21 heavy (non-hydrogen) atoms. The van der Waals surface area contributed by atoms with Crippen LogP contribution in [0, 0.1) is 5.41 Å². The van der Waals surface area contributed by atoms with Crippen LogP contribution in [0.3, 0.4) is 0 Å². The Balaban J connectivity index is 1.62. The van der Waals surface area contributed by atoms with Gasteiger partial charge in [0.25, 0.3) is 5.91 Å². The Morgan fingerprint density at radius 1 is 1.57 bits per heavy atom. The van der Waals surface area contributed by atoms with Crippen LogP contribution in [0.2, 0.25) is 0 Å². The molecule has 1 saturated carbocycles. The summed E-state index contributed by atoms with van der Waals surface area (Å²) >= 11 is 0. The fraction of sp³-hybridized carbons (Fsp3) is 0.750. The SMILES string of the molecule is NC1=NC2C(N=CN2[C@@H]2O[C@H](CO)C3(CC3)[C@H]2O)C(=O)N1. The second-order valence-electron chi connectivity index (χ2n) is 5.95. The topological polar surface area (TPSA) is 133 Å². The highest BCUT2D eigenvalue weighted by molar-refractivity contribution is 6.02. The van der Waals surface area contributed by atoms with Gasteiger partial charge >= 0.3 is 0 Å². The average Bonchev–Trinajstić information content (AvgIpc) is 3.07. The zero-order chi connectivity index (χ0) is 14.8. The first kappa shape index (κ1) is 13.0. The van der Waals surface area contributed by atoms with Crippen molar-refractivity contribution in [3.8, 4) is 0 Å². The number of guanidine groups is 1. The highest BCUT2D eigenvalue weighted by Gasteiger charge is 2.65. The minimum Gasteiger partial charge on any atom is -0.394 e. The lowest BCUT2D eigenvalue weighted by atomic mass is 9.94. The zero-order valence-corrected chi connectivity index (χ0v) is 11.2. The van der Waals surface area contributed by atoms with Crippen LogP contribution in [0.4, 0.5) is 0 Å². The number of hydrogen-bond acceptors (Lipinski definition) is 8. The van der Waals surface area contributed by atoms with Crippen LogP contribution < -0.4 is 11.1 Å². The van der Waals surface area contributed by atoms with Crippen molar-refractivity contribution in [3.05, 3.63) is 0 Å². The molecule has 2 fully saturated rings. The van der Waals surface area contributed by atoms with E-state index in [1.54, 1.807) is 4.90 Å². The van der Waals surface area contributed by atoms with Gasteiger partial charge in [0.1, 0.15) is 6.10 Å². The number of nitrogens with two attached hydrogens (primary N) is 1. The maximum absolute atomic E-state index is 11.8. The Labute approximate surface area is 120 Å². The van der Waals surface area contributed by atoms with Crippen molar-refractivity contribution in [1.82, 2.24) is 10.2 Å². The van der Waals surface area contributed by atoms with Gasteiger partial charge in [0.2, 0.25) is 0 Å². The average molecular weight is 295 g/mol. The number of amides is 1. The molecule has 2 unspecified atom stereocenters. The van der Waals surface area contributed by atoms with E-state index < -0.39 is 30.6 Å². The summed E-state index contributed by atoms with van der Waals surface area (Å²) in [5.41, 5.74) is 5.21. The third kappa shape index (κ3) is 1.65. The summed E-state index contributed by atoms with van der Waals surface area (Å²) in [6.45, 7) is -0.140. The molecule has 4 aliphatic rings. The number of rotatable bonds is 2. The number of ether oxygens (including phenoxy) is 1. The molecule has 9 nitrogen and oxygen atoms in total. The predicted molar refractivity (Wildman–Crippen MR) is 71.1 cm³/mol. The number of hydrogen-bond donors (Lipinski definition) is 4. The normalized spacial score (nSPS) is 43.0. The van der Waals surface area contributed by atoms with Crippen molar-refractivity contribution in [2.45, 2.75) is 43.5 Å². The van der Waals surface area contributed by atoms with E-state index in [1.165, 1.54) is 6.34 Å². The first-order chi connectivity index (χ1) is 10.1. The van der Waals surface area contributed by atoms with Gasteiger partial charge in [-0.2, -0.15) is 0 Å². The van der Waals surface area contributed by atoms with Gasteiger partial charge in [-0.1, -0.05) is 0 Å². The van der Waals surface area contributed by atoms with Gasteiger partial charge in [-0.15, -0.1) is 0 Å². The maximum Gasteiger partial charge on any atom is 0.255 e. The second kappa shape index (κ2) is 4.15. The van der Waals surface area contributed by atoms with Gasteiger partial charge in [0.15, 0.2) is 24.4 Å². The molecule has 9 heteroatoms. The lowest BCUT2D eigenvalue weighted by molar-refractivity contribution is -0.124. The molecule has 0 aromatic rings. The van der Waals surface area contributed by atoms with Crippen LogP contribution in [0.15, 0.2) is 9.98 Å². The standard InChI is InChI=1S/C12H17N5O4/c13-11-15-8-6(9(20)16-11)14-4-17(8)10-7(19)12(1-2-12)5(3-18)21-10/h4-8,10,18-19H,1-3H2,(H3,13,15,16,20)/t5-,6?,7+,8?,10-/m1/s1. The van der Waals surface area contributed by atoms with Crippen molar-refractivity contribution in [2.75, 3.05) is 6.61 Å². The van der Waals surface area contributed by atoms with Crippen molar-refractivity contribution in [3.63, 3.8) is 0 Å². The summed E-state index contributed by atoms with van der Waals surface area (Å²) in [6, 6.07) is -0.684. The molecule has 0 radical (unpaired) electrons. The molecular weight excluding hydrogens is 278 g/mol. The van der Waals surface area contributed by atoms with Gasteiger partial charge in [0.05, 0.1) is 19.0 Å². The number of carbonyl (C=O) groups excluding carboxylic acids is 1. The van der Waals surface area contributed by atoms with Crippen molar-refractivity contribution < 1.29 is 19.7 Å². The first-order valence-electron chi connectivity index (χ1n) is 6.96. The van der Waals surface area contributed by atoms with Crippen molar-refractivity contribution in [1.29, 1.82) is 0 Å². The van der Waals surface area contributed by atoms with Crippen LogP contribution >= 0.6 is 0 Å². The minimum atomic E-state index is -0.749. The van der Waals surface area contributed by atoms with Crippen molar-refractivity contribution in [2.24, 2.45) is 21.1 Å². The fourth-order valence-corrected chi connectivity index (χ4v) is 3.46. The van der Waals surface area contributed by atoms with Gasteiger partial charge in [-0.25, -0.2) is 4.99 Å². The van der Waals surface area contributed by atoms with E-state index in [1.807, 2.05) is 0 Å². The highest BCUT2D eigenvalue weighted by Crippen LogP contribution is 2.58. The van der Waals surface area contributed by atoms with Gasteiger partial charge in [-0.3, -0.25) is 15.1 Å². The Morgan fingerprint density at radius 2 is 2.33 bits per heavy atom. The number of nitrogens with zero attached hydrogens (tertiary/aromatic N) is 3. The van der Waals surface area contributed by atoms with Crippen LogP contribution in [0.5, 0.6) is 0 Å². The van der Waals surface area contributed by atoms with E-state index >= 15 is 0 Å². The second-order valence-corrected chi connectivity index (χ2v) is 5.95. The van der Waals surface area contributed by atoms with Crippen LogP contribution in [-0.2, 0) is 9.53 Å². The van der Waals surface area contributed by atoms with E-state index in [0.29, 0.717) is 0 Å². The smallest absolute Gasteiger partial charge is 0.255 e. The third-order valence-corrected chi connectivity index (χ3v) is 4.83. The van der Waals surface area contributed by atoms with Crippen LogP contribution in [-0.4, -0.2) is 70.6 Å². The van der Waals surface area contributed by atoms with E-state index in [0.717, 1.165) is 12.8 Å². The lowest BCUT2D eigenvalue weighted by Crippen LogP contribution is -2.56. The number of fused-ring (bicyclic) bond motifs is 1. The first-order valence-corrected chi connectivity index (χ1v) is 6.96. The molecule has 0 aromatic carbocycles. The monoisotopic (exact) mass is 295 g/mol. The fourth-order valence-electron chi connectivity index (χ4n) is 3.46. The molecule has 5 atom stereocenters. The van der Waals surface area contributed by atoms with Crippen LogP contribution in [0.25, 0.3) is 0 Å². The summed E-state index contributed by atoms with van der Waals surface area (Å²) in [6.07, 6.45) is 0.685. The largest absolute Gasteiger partial charge is 0.394 e. The third-order valence-electron chi connectivity index (χ3n) is 4.83. The van der Waals surface area contributed by atoms with E-state index in [-0.39, 0.29) is 23.9 Å². The number of carbonyl (C=O) groups is 1. The number of aliphatic imine (C=N–C) groups is 2. The van der Waals surface area contributed by atoms with Gasteiger partial charge < -0.3 is 25.6 Å². The molecule has 3 heterocycles. The highest BCUT2D eigenvalue weighted by atomic mass is 16.5. The Hall–Kier alpha value is -1.71. The molecule has 0 aromatic heterocycles. The number of aliphatic hydroxyl groups is 2. The van der Waals surface area contributed by atoms with Gasteiger partial charge in [-0.05, 0) is 12.8 Å². The predicted octanol–water partition coefficient (Wildman–Crippen LogP) is -2.67. The molecule has 0 bridgehead atoms. The lowest BCUT2D eigenvalue weighted by Gasteiger charge is -2.33. The molecule has 114 valence electrons. The summed E-state index contributed by atoms with van der Waals surface area (Å²) in [5, 5.41) is 22.4. The van der Waals surface area contributed by atoms with E-state index in [4.69, 9.17) is 10.5 Å². The molecule has 1 amide bonds. The van der Waals surface area contributed by atoms with Crippen LogP contribution in [0.1, 0.15) is 12.8 Å². The number of aliphatic hydroxyl groups excluding tert-OH is 2. The van der Waals surface area contributed by atoms with E-state index in [9.17, 15) is 15.0 Å². The quantitative estimate of drug-likeness (QED) is 0.439. The molecule has 3 aliphatic heterocycles. The Morgan fingerprint density at radius 3 is 2.95 bits per heavy atom. The van der Waals surface area contributed by atoms with Crippen molar-refractivity contribution >= 4 is 18.2 Å². The summed E-state index contributed by atoms with van der Waals surface area (Å²) in [7, 11) is 0. The Kier molecular flexibility index (Phi) is 2.57. The summed E-state index contributed by atoms with van der Waals surface area (Å²) in [4.78, 5) is 21.8. The molecule has 4 rings (SSSR count). The molecule has 5 N–H and O–H groups in total. The molecule has 1 saturated heterocycles. The zero-order valence-electron chi connectivity index (χ0n) is 11.2. The van der Waals surface area contributed by atoms with E-state index in [2.05, 4.69) is 15.3 Å². The summed E-state index contributed by atoms with van der Waals surface area (Å²) in [5.74, 6) is -0.289. The minimum absolute atomic E-state index is 0.0316. The summed E-state index contributed by atoms with van der Waals surface area (Å²) < 4.78 is 5.80. The number of nitrogens with one attached hydrogen (secondary N) is 1. The molecule has 1 aliphatic carbocycles. The molecule has 1 spiro atoms. The maximum atomic E-state index is 11.8. The molecular formula is C12H17N5O4.